The zero-order valence-corrected chi connectivity index (χ0v) is 10.7. The van der Waals surface area contributed by atoms with Crippen LogP contribution in [0.4, 0.5) is 4.39 Å². The molecule has 0 amide bonds. The Kier molecular flexibility index (Phi) is 4.42. The number of halogens is 1. The van der Waals surface area contributed by atoms with Gasteiger partial charge in [0.1, 0.15) is 5.82 Å². The van der Waals surface area contributed by atoms with Crippen LogP contribution in [0.5, 0.6) is 0 Å². The van der Waals surface area contributed by atoms with E-state index in [4.69, 9.17) is 4.74 Å². The fraction of sp³-hybridized carbons (Fsp3) is 0.538. The molecular weight excluding hydrogens is 239 g/mol. The monoisotopic (exact) mass is 256 g/mol. The Morgan fingerprint density at radius 2 is 2.41 bits per heavy atom. The second kappa shape index (κ2) is 5.85. The van der Waals surface area contributed by atoms with Crippen molar-refractivity contribution in [2.24, 2.45) is 0 Å². The molecule has 2 nitrogen and oxygen atoms in total. The van der Waals surface area contributed by atoms with Gasteiger partial charge in [0.15, 0.2) is 0 Å². The highest BCUT2D eigenvalue weighted by atomic mass is 32.2. The van der Waals surface area contributed by atoms with Crippen molar-refractivity contribution in [3.05, 3.63) is 29.6 Å². The first-order valence-corrected chi connectivity index (χ1v) is 6.88. The Labute approximate surface area is 105 Å². The highest BCUT2D eigenvalue weighted by molar-refractivity contribution is 7.99. The molecule has 2 rings (SSSR count). The molecule has 0 bridgehead atoms. The first-order valence-electron chi connectivity index (χ1n) is 5.89. The minimum absolute atomic E-state index is 0.224. The zero-order valence-electron chi connectivity index (χ0n) is 9.86. The number of hydrogen-bond donors (Lipinski definition) is 1. The standard InChI is InChI=1S/C13H17FO2S/c1-9(15)11-5-2-6-12(14)13(11)17-8-10-4-3-7-16-10/h2,5-6,9-10,15H,3-4,7-8H2,1H3/t9-,10?/m1/s1. The maximum atomic E-state index is 13.7. The van der Waals surface area contributed by atoms with E-state index in [-0.39, 0.29) is 11.9 Å². The number of hydrogen-bond acceptors (Lipinski definition) is 3. The van der Waals surface area contributed by atoms with E-state index in [1.165, 1.54) is 17.8 Å². The molecule has 1 heterocycles. The lowest BCUT2D eigenvalue weighted by Gasteiger charge is -2.14. The summed E-state index contributed by atoms with van der Waals surface area (Å²) < 4.78 is 19.2. The Bertz CT molecular complexity index is 376. The van der Waals surface area contributed by atoms with Gasteiger partial charge >= 0.3 is 0 Å². The van der Waals surface area contributed by atoms with E-state index in [1.54, 1.807) is 19.1 Å². The van der Waals surface area contributed by atoms with Crippen LogP contribution in [0.3, 0.4) is 0 Å². The lowest BCUT2D eigenvalue weighted by molar-refractivity contribution is 0.129. The van der Waals surface area contributed by atoms with Crippen molar-refractivity contribution in [2.75, 3.05) is 12.4 Å². The molecule has 2 atom stereocenters. The predicted molar refractivity (Wildman–Crippen MR) is 66.7 cm³/mol. The molecule has 1 unspecified atom stereocenters. The number of ether oxygens (including phenoxy) is 1. The second-order valence-electron chi connectivity index (χ2n) is 4.28. The van der Waals surface area contributed by atoms with E-state index >= 15 is 0 Å². The van der Waals surface area contributed by atoms with E-state index in [9.17, 15) is 9.50 Å². The SMILES string of the molecule is C[C@@H](O)c1cccc(F)c1SCC1CCCO1. The van der Waals surface area contributed by atoms with E-state index in [0.717, 1.165) is 25.2 Å². The lowest BCUT2D eigenvalue weighted by Crippen LogP contribution is -2.08. The van der Waals surface area contributed by atoms with Crippen molar-refractivity contribution in [1.29, 1.82) is 0 Å². The summed E-state index contributed by atoms with van der Waals surface area (Å²) in [7, 11) is 0. The molecule has 1 aliphatic heterocycles. The molecule has 1 fully saturated rings. The summed E-state index contributed by atoms with van der Waals surface area (Å²) in [6.45, 7) is 2.47. The lowest BCUT2D eigenvalue weighted by atomic mass is 10.1. The minimum atomic E-state index is -0.641. The molecule has 17 heavy (non-hydrogen) atoms. The third-order valence-electron chi connectivity index (χ3n) is 2.89. The number of aliphatic hydroxyl groups is 1. The molecule has 94 valence electrons. The van der Waals surface area contributed by atoms with Crippen molar-refractivity contribution >= 4 is 11.8 Å². The number of benzene rings is 1. The third kappa shape index (κ3) is 3.21. The summed E-state index contributed by atoms with van der Waals surface area (Å²) in [6.07, 6.45) is 1.72. The van der Waals surface area contributed by atoms with Gasteiger partial charge in [-0.1, -0.05) is 12.1 Å². The Balaban J connectivity index is 2.07. The van der Waals surface area contributed by atoms with Crippen molar-refractivity contribution in [3.8, 4) is 0 Å². The Hall–Kier alpha value is -0.580. The third-order valence-corrected chi connectivity index (χ3v) is 4.14. The number of rotatable bonds is 4. The Morgan fingerprint density at radius 1 is 1.59 bits per heavy atom. The second-order valence-corrected chi connectivity index (χ2v) is 5.31. The predicted octanol–water partition coefficient (Wildman–Crippen LogP) is 3.15. The van der Waals surface area contributed by atoms with Gasteiger partial charge in [-0.25, -0.2) is 4.39 Å². The van der Waals surface area contributed by atoms with Gasteiger partial charge in [0, 0.05) is 17.3 Å². The van der Waals surface area contributed by atoms with Gasteiger partial charge in [-0.15, -0.1) is 11.8 Å². The van der Waals surface area contributed by atoms with Crippen LogP contribution in [-0.2, 0) is 4.74 Å². The summed E-state index contributed by atoms with van der Waals surface area (Å²) in [6, 6.07) is 4.84. The quantitative estimate of drug-likeness (QED) is 0.839. The molecule has 1 N–H and O–H groups in total. The molecule has 0 aromatic heterocycles. The molecule has 0 aliphatic carbocycles. The molecule has 0 radical (unpaired) electrons. The smallest absolute Gasteiger partial charge is 0.137 e. The van der Waals surface area contributed by atoms with Crippen LogP contribution in [0.25, 0.3) is 0 Å². The molecule has 0 spiro atoms. The van der Waals surface area contributed by atoms with Crippen LogP contribution >= 0.6 is 11.8 Å². The number of aliphatic hydroxyl groups excluding tert-OH is 1. The van der Waals surface area contributed by atoms with Crippen molar-refractivity contribution in [2.45, 2.75) is 36.9 Å². The van der Waals surface area contributed by atoms with Gasteiger partial charge < -0.3 is 9.84 Å². The van der Waals surface area contributed by atoms with Crippen molar-refractivity contribution < 1.29 is 14.2 Å². The summed E-state index contributed by atoms with van der Waals surface area (Å²) in [5.74, 6) is 0.493. The van der Waals surface area contributed by atoms with Crippen molar-refractivity contribution in [3.63, 3.8) is 0 Å². The van der Waals surface area contributed by atoms with Gasteiger partial charge in [-0.3, -0.25) is 0 Å². The molecule has 1 saturated heterocycles. The summed E-state index contributed by atoms with van der Waals surface area (Å²) in [5.41, 5.74) is 0.660. The van der Waals surface area contributed by atoms with E-state index in [1.807, 2.05) is 0 Å². The van der Waals surface area contributed by atoms with E-state index < -0.39 is 6.10 Å². The average Bonchev–Trinajstić information content (AvgIpc) is 2.80. The van der Waals surface area contributed by atoms with Gasteiger partial charge in [0.2, 0.25) is 0 Å². The van der Waals surface area contributed by atoms with E-state index in [0.29, 0.717) is 10.5 Å². The first kappa shape index (κ1) is 12.9. The normalized spacial score (nSPS) is 21.7. The summed E-state index contributed by atoms with van der Waals surface area (Å²) >= 11 is 1.44. The molecule has 0 saturated carbocycles. The van der Waals surface area contributed by atoms with Crippen LogP contribution in [0.1, 0.15) is 31.4 Å². The molecule has 4 heteroatoms. The zero-order chi connectivity index (χ0) is 12.3. The largest absolute Gasteiger partial charge is 0.389 e. The maximum Gasteiger partial charge on any atom is 0.137 e. The Morgan fingerprint density at radius 3 is 3.06 bits per heavy atom. The van der Waals surface area contributed by atoms with Crippen LogP contribution < -0.4 is 0 Å². The van der Waals surface area contributed by atoms with Gasteiger partial charge in [-0.2, -0.15) is 0 Å². The fourth-order valence-corrected chi connectivity index (χ4v) is 3.19. The van der Waals surface area contributed by atoms with Crippen molar-refractivity contribution in [1.82, 2.24) is 0 Å². The van der Waals surface area contributed by atoms with Crippen LogP contribution in [0, 0.1) is 5.82 Å². The molecule has 1 aliphatic rings. The van der Waals surface area contributed by atoms with E-state index in [2.05, 4.69) is 0 Å². The summed E-state index contributed by atoms with van der Waals surface area (Å²) in [4.78, 5) is 0.554. The highest BCUT2D eigenvalue weighted by Gasteiger charge is 2.18. The highest BCUT2D eigenvalue weighted by Crippen LogP contribution is 2.32. The molecule has 1 aromatic carbocycles. The average molecular weight is 256 g/mol. The number of thioether (sulfide) groups is 1. The maximum absolute atomic E-state index is 13.7. The summed E-state index contributed by atoms with van der Waals surface area (Å²) in [5, 5.41) is 9.61. The van der Waals surface area contributed by atoms with Gasteiger partial charge in [-0.05, 0) is 31.4 Å². The molecular formula is C13H17FO2S. The van der Waals surface area contributed by atoms with Gasteiger partial charge in [0.25, 0.3) is 0 Å². The van der Waals surface area contributed by atoms with Crippen LogP contribution in [-0.4, -0.2) is 23.6 Å². The first-order chi connectivity index (χ1) is 8.18. The molecule has 1 aromatic rings. The van der Waals surface area contributed by atoms with Crippen LogP contribution in [0.15, 0.2) is 23.1 Å². The fourth-order valence-electron chi connectivity index (χ4n) is 1.96. The topological polar surface area (TPSA) is 29.5 Å². The van der Waals surface area contributed by atoms with Crippen LogP contribution in [0.2, 0.25) is 0 Å². The van der Waals surface area contributed by atoms with Gasteiger partial charge in [0.05, 0.1) is 12.2 Å². The minimum Gasteiger partial charge on any atom is -0.389 e.